The zero-order chi connectivity index (χ0) is 24.7. The van der Waals surface area contributed by atoms with Gasteiger partial charge in [-0.15, -0.1) is 0 Å². The molecule has 4 rings (SSSR count). The van der Waals surface area contributed by atoms with Crippen molar-refractivity contribution < 1.29 is 4.74 Å². The number of morpholine rings is 1. The maximum Gasteiger partial charge on any atom is 0.228 e. The minimum atomic E-state index is 0.0408. The molecule has 0 radical (unpaired) electrons. The van der Waals surface area contributed by atoms with Gasteiger partial charge in [-0.05, 0) is 81.1 Å². The van der Waals surface area contributed by atoms with Crippen molar-refractivity contribution in [2.24, 2.45) is 9.98 Å². The van der Waals surface area contributed by atoms with Crippen LogP contribution in [0.15, 0.2) is 75.2 Å². The van der Waals surface area contributed by atoms with Gasteiger partial charge in [0.15, 0.2) is 0 Å². The molecule has 0 amide bonds. The van der Waals surface area contributed by atoms with Crippen LogP contribution in [0.2, 0.25) is 0 Å². The summed E-state index contributed by atoms with van der Waals surface area (Å²) in [5, 5.41) is 6.86. The molecular formula is C27H36N6OS. The zero-order valence-electron chi connectivity index (χ0n) is 21.1. The van der Waals surface area contributed by atoms with Crippen molar-refractivity contribution in [2.75, 3.05) is 36.9 Å². The second-order valence-corrected chi connectivity index (χ2v) is 10.9. The fourth-order valence-electron chi connectivity index (χ4n) is 3.67. The molecule has 186 valence electrons. The molecule has 0 spiro atoms. The van der Waals surface area contributed by atoms with Crippen LogP contribution in [0.4, 0.5) is 11.4 Å². The molecular weight excluding hydrogens is 456 g/mol. The molecule has 35 heavy (non-hydrogen) atoms. The Labute approximate surface area is 213 Å². The van der Waals surface area contributed by atoms with Gasteiger partial charge in [0.25, 0.3) is 0 Å². The molecule has 2 aromatic carbocycles. The van der Waals surface area contributed by atoms with Crippen LogP contribution in [0.5, 0.6) is 0 Å². The first-order chi connectivity index (χ1) is 16.8. The summed E-state index contributed by atoms with van der Waals surface area (Å²) in [7, 11) is 0. The molecule has 0 unspecified atom stereocenters. The number of benzene rings is 2. The summed E-state index contributed by atoms with van der Waals surface area (Å²) in [5.41, 5.74) is 4.46. The largest absolute Gasteiger partial charge is 0.379 e. The van der Waals surface area contributed by atoms with Crippen LogP contribution in [0, 0.1) is 0 Å². The number of hydrogen-bond donors (Lipinski definition) is 3. The Morgan fingerprint density at radius 2 is 1.77 bits per heavy atom. The van der Waals surface area contributed by atoms with Crippen LogP contribution in [-0.2, 0) is 11.3 Å². The molecule has 3 N–H and O–H groups in total. The lowest BCUT2D eigenvalue weighted by atomic mass is 10.1. The maximum atomic E-state index is 5.44. The topological polar surface area (TPSA) is 73.3 Å². The molecule has 2 aromatic rings. The quantitative estimate of drug-likeness (QED) is 0.463. The lowest BCUT2D eigenvalue weighted by Gasteiger charge is -2.26. The molecule has 0 bridgehead atoms. The van der Waals surface area contributed by atoms with Crippen LogP contribution >= 0.6 is 11.9 Å². The van der Waals surface area contributed by atoms with E-state index in [1.54, 1.807) is 11.9 Å². The predicted octanol–water partition coefficient (Wildman–Crippen LogP) is 5.50. The minimum Gasteiger partial charge on any atom is -0.379 e. The molecule has 1 saturated heterocycles. The van der Waals surface area contributed by atoms with Gasteiger partial charge in [-0.3, -0.25) is 9.62 Å². The van der Waals surface area contributed by atoms with Crippen LogP contribution in [-0.4, -0.2) is 48.5 Å². The van der Waals surface area contributed by atoms with E-state index in [1.807, 2.05) is 6.20 Å². The Hall–Kier alpha value is -2.65. The molecule has 0 atom stereocenters. The highest BCUT2D eigenvalue weighted by Gasteiger charge is 2.13. The Morgan fingerprint density at radius 3 is 2.51 bits per heavy atom. The summed E-state index contributed by atoms with van der Waals surface area (Å²) in [5.74, 6) is 1.43. The number of nitrogens with zero attached hydrogens (tertiary/aromatic N) is 3. The van der Waals surface area contributed by atoms with Gasteiger partial charge in [-0.1, -0.05) is 18.2 Å². The van der Waals surface area contributed by atoms with Gasteiger partial charge in [0, 0.05) is 54.1 Å². The van der Waals surface area contributed by atoms with Crippen LogP contribution in [0.3, 0.4) is 0 Å². The second-order valence-electron chi connectivity index (χ2n) is 9.98. The van der Waals surface area contributed by atoms with Crippen LogP contribution in [0.25, 0.3) is 0 Å². The number of nitrogens with one attached hydrogen (secondary N) is 3. The third kappa shape index (κ3) is 8.50. The van der Waals surface area contributed by atoms with Gasteiger partial charge < -0.3 is 15.4 Å². The van der Waals surface area contributed by atoms with E-state index in [9.17, 15) is 0 Å². The number of guanidine groups is 1. The van der Waals surface area contributed by atoms with Crippen LogP contribution < -0.4 is 15.4 Å². The van der Waals surface area contributed by atoms with Crippen molar-refractivity contribution in [3.63, 3.8) is 0 Å². The molecule has 7 nitrogen and oxygen atoms in total. The van der Waals surface area contributed by atoms with Gasteiger partial charge in [-0.2, -0.15) is 4.99 Å². The monoisotopic (exact) mass is 492 g/mol. The van der Waals surface area contributed by atoms with Crippen LogP contribution in [0.1, 0.15) is 39.7 Å². The van der Waals surface area contributed by atoms with Crippen molar-refractivity contribution in [1.82, 2.24) is 9.62 Å². The highest BCUT2D eigenvalue weighted by atomic mass is 32.2. The second kappa shape index (κ2) is 11.9. The number of aliphatic imine (C=N–C) groups is 2. The SMILES string of the molecule is CC1=CN=C(Nc2ccc(CN3CCOCC3)cc2)N=C(Nc2cccc(SNC(C)(C)C)c2)C1. The summed E-state index contributed by atoms with van der Waals surface area (Å²) in [6.07, 6.45) is 2.59. The van der Waals surface area contributed by atoms with Crippen molar-refractivity contribution in [3.05, 3.63) is 65.9 Å². The average Bonchev–Trinajstić information content (AvgIpc) is 3.00. The van der Waals surface area contributed by atoms with Gasteiger partial charge in [0.2, 0.25) is 5.96 Å². The molecule has 2 heterocycles. The number of ether oxygens (including phenoxy) is 1. The summed E-state index contributed by atoms with van der Waals surface area (Å²) in [4.78, 5) is 12.9. The first kappa shape index (κ1) is 25.4. The third-order valence-electron chi connectivity index (χ3n) is 5.41. The minimum absolute atomic E-state index is 0.0408. The van der Waals surface area contributed by atoms with Crippen molar-refractivity contribution in [3.8, 4) is 0 Å². The molecule has 0 aromatic heterocycles. The van der Waals surface area contributed by atoms with Gasteiger partial charge in [0.05, 0.1) is 13.2 Å². The molecule has 1 fully saturated rings. The smallest absolute Gasteiger partial charge is 0.228 e. The van der Waals surface area contributed by atoms with Gasteiger partial charge in [0.1, 0.15) is 5.84 Å². The Balaban J connectivity index is 1.40. The number of anilines is 2. The van der Waals surface area contributed by atoms with E-state index < -0.39 is 0 Å². The number of hydrogen-bond acceptors (Lipinski definition) is 8. The van der Waals surface area contributed by atoms with E-state index in [1.165, 1.54) is 5.56 Å². The van der Waals surface area contributed by atoms with E-state index in [0.717, 1.165) is 60.5 Å². The Morgan fingerprint density at radius 1 is 1.00 bits per heavy atom. The highest BCUT2D eigenvalue weighted by molar-refractivity contribution is 7.97. The van der Waals surface area contributed by atoms with E-state index in [0.29, 0.717) is 12.4 Å². The van der Waals surface area contributed by atoms with Crippen molar-refractivity contribution in [1.29, 1.82) is 0 Å². The summed E-state index contributed by atoms with van der Waals surface area (Å²) in [6, 6.07) is 16.9. The Bertz CT molecular complexity index is 1080. The first-order valence-electron chi connectivity index (χ1n) is 12.1. The number of rotatable bonds is 6. The summed E-state index contributed by atoms with van der Waals surface area (Å²) < 4.78 is 8.90. The summed E-state index contributed by atoms with van der Waals surface area (Å²) >= 11 is 1.64. The molecule has 0 aliphatic carbocycles. The molecule has 8 heteroatoms. The van der Waals surface area contributed by atoms with E-state index in [-0.39, 0.29) is 5.54 Å². The lowest BCUT2D eigenvalue weighted by molar-refractivity contribution is 0.0342. The van der Waals surface area contributed by atoms with E-state index in [2.05, 4.69) is 101 Å². The lowest BCUT2D eigenvalue weighted by Crippen LogP contribution is -2.35. The maximum absolute atomic E-state index is 5.44. The molecule has 2 aliphatic rings. The average molecular weight is 493 g/mol. The highest BCUT2D eigenvalue weighted by Crippen LogP contribution is 2.23. The standard InChI is InChI=1S/C27H36N6OS/c1-20-16-25(29-23-6-5-7-24(17-23)35-32-27(2,3)4)31-26(28-18-20)30-22-10-8-21(9-11-22)19-33-12-14-34-15-13-33/h5-11,17-18,32H,12-16,19H2,1-4H3,(H2,28,29,30,31). The summed E-state index contributed by atoms with van der Waals surface area (Å²) in [6.45, 7) is 13.1. The predicted molar refractivity (Wildman–Crippen MR) is 148 cm³/mol. The molecule has 2 aliphatic heterocycles. The third-order valence-corrected chi connectivity index (χ3v) is 6.62. The Kier molecular flexibility index (Phi) is 8.62. The molecule has 0 saturated carbocycles. The van der Waals surface area contributed by atoms with E-state index >= 15 is 0 Å². The fourth-order valence-corrected chi connectivity index (χ4v) is 4.42. The fraction of sp³-hybridized carbons (Fsp3) is 0.407. The van der Waals surface area contributed by atoms with Crippen molar-refractivity contribution in [2.45, 2.75) is 51.1 Å². The van der Waals surface area contributed by atoms with Crippen molar-refractivity contribution >= 4 is 35.1 Å². The zero-order valence-corrected chi connectivity index (χ0v) is 21.9. The number of amidine groups is 1. The normalized spacial score (nSPS) is 17.2. The van der Waals surface area contributed by atoms with Gasteiger partial charge >= 0.3 is 0 Å². The van der Waals surface area contributed by atoms with E-state index in [4.69, 9.17) is 9.73 Å². The first-order valence-corrected chi connectivity index (χ1v) is 12.9. The van der Waals surface area contributed by atoms with Gasteiger partial charge in [-0.25, -0.2) is 4.99 Å².